The zero-order chi connectivity index (χ0) is 16.4. The zero-order valence-electron chi connectivity index (χ0n) is 14.2. The van der Waals surface area contributed by atoms with E-state index in [4.69, 9.17) is 0 Å². The molecule has 1 aliphatic rings. The largest absolute Gasteiger partial charge is 0.341 e. The molecule has 2 aromatic rings. The Hall–Kier alpha value is -1.79. The minimum Gasteiger partial charge on any atom is -0.341 e. The Morgan fingerprint density at radius 1 is 1.25 bits per heavy atom. The van der Waals surface area contributed by atoms with E-state index in [2.05, 4.69) is 5.32 Å². The van der Waals surface area contributed by atoms with Crippen molar-refractivity contribution in [2.75, 3.05) is 26.7 Å². The minimum absolute atomic E-state index is 0. The fourth-order valence-electron chi connectivity index (χ4n) is 3.48. The second kappa shape index (κ2) is 7.85. The van der Waals surface area contributed by atoms with Gasteiger partial charge >= 0.3 is 5.69 Å². The Morgan fingerprint density at radius 2 is 1.92 bits per heavy atom. The fraction of sp³-hybridized carbons (Fsp3) is 0.529. The Balaban J connectivity index is 0.00000208. The number of para-hydroxylation sites is 2. The van der Waals surface area contributed by atoms with Gasteiger partial charge in [0.1, 0.15) is 6.54 Å². The van der Waals surface area contributed by atoms with Crippen molar-refractivity contribution in [3.8, 4) is 0 Å². The number of halogens is 1. The van der Waals surface area contributed by atoms with Crippen molar-refractivity contribution in [1.82, 2.24) is 19.4 Å². The monoisotopic (exact) mass is 352 g/mol. The van der Waals surface area contributed by atoms with Crippen LogP contribution in [0.25, 0.3) is 11.0 Å². The molecule has 0 bridgehead atoms. The molecule has 0 saturated carbocycles. The molecule has 1 saturated heterocycles. The Bertz CT molecular complexity index is 768. The molecular formula is C17H25ClN4O2. The summed E-state index contributed by atoms with van der Waals surface area (Å²) in [4.78, 5) is 27.1. The number of rotatable bonds is 5. The Morgan fingerprint density at radius 3 is 2.54 bits per heavy atom. The number of carbonyl (C=O) groups excluding carboxylic acids is 1. The number of aromatic nitrogens is 2. The number of fused-ring (bicyclic) bond motifs is 1. The summed E-state index contributed by atoms with van der Waals surface area (Å²) in [6, 6.07) is 7.66. The van der Waals surface area contributed by atoms with E-state index in [0.717, 1.165) is 37.1 Å². The van der Waals surface area contributed by atoms with E-state index in [0.29, 0.717) is 12.5 Å². The van der Waals surface area contributed by atoms with E-state index in [9.17, 15) is 9.59 Å². The highest BCUT2D eigenvalue weighted by atomic mass is 35.5. The third kappa shape index (κ3) is 3.35. The van der Waals surface area contributed by atoms with Crippen molar-refractivity contribution < 1.29 is 4.79 Å². The number of aryl methyl sites for hydroxylation is 1. The molecule has 1 N–H and O–H groups in total. The molecule has 0 radical (unpaired) electrons. The normalized spacial score (nSPS) is 17.2. The van der Waals surface area contributed by atoms with Gasteiger partial charge in [0.25, 0.3) is 0 Å². The first-order valence-corrected chi connectivity index (χ1v) is 8.26. The van der Waals surface area contributed by atoms with Crippen LogP contribution in [0.1, 0.15) is 13.3 Å². The molecule has 3 rings (SSSR count). The van der Waals surface area contributed by atoms with Gasteiger partial charge in [-0.1, -0.05) is 12.1 Å². The molecule has 1 aliphatic heterocycles. The van der Waals surface area contributed by atoms with Crippen LogP contribution in [0, 0.1) is 5.92 Å². The van der Waals surface area contributed by atoms with Gasteiger partial charge in [0.15, 0.2) is 0 Å². The van der Waals surface area contributed by atoms with E-state index in [-0.39, 0.29) is 30.5 Å². The number of hydrogen-bond donors (Lipinski definition) is 1. The van der Waals surface area contributed by atoms with Crippen LogP contribution >= 0.6 is 12.4 Å². The third-order valence-corrected chi connectivity index (χ3v) is 4.67. The summed E-state index contributed by atoms with van der Waals surface area (Å²) in [5.74, 6) is 0.544. The fourth-order valence-corrected chi connectivity index (χ4v) is 3.48. The first-order chi connectivity index (χ1) is 11.2. The van der Waals surface area contributed by atoms with Crippen LogP contribution in [0.4, 0.5) is 0 Å². The molecule has 6 nitrogen and oxygen atoms in total. The average molecular weight is 353 g/mol. The lowest BCUT2D eigenvalue weighted by atomic mass is 10.1. The van der Waals surface area contributed by atoms with Crippen molar-refractivity contribution in [2.45, 2.75) is 26.4 Å². The number of imidazole rings is 1. The summed E-state index contributed by atoms with van der Waals surface area (Å²) in [6.07, 6.45) is 1.03. The molecule has 1 atom stereocenters. The van der Waals surface area contributed by atoms with Gasteiger partial charge in [0, 0.05) is 19.6 Å². The summed E-state index contributed by atoms with van der Waals surface area (Å²) in [6.45, 7) is 5.17. The SMILES string of the molecule is CCn1c(=O)n(CC(=O)N2CCC(CNC)C2)c2ccccc21.Cl. The number of hydrogen-bond acceptors (Lipinski definition) is 3. The van der Waals surface area contributed by atoms with Gasteiger partial charge in [-0.2, -0.15) is 0 Å². The molecule has 1 amide bonds. The lowest BCUT2D eigenvalue weighted by Crippen LogP contribution is -2.36. The highest BCUT2D eigenvalue weighted by Crippen LogP contribution is 2.17. The quantitative estimate of drug-likeness (QED) is 0.882. The smallest absolute Gasteiger partial charge is 0.329 e. The second-order valence-electron chi connectivity index (χ2n) is 6.15. The number of nitrogens with zero attached hydrogens (tertiary/aromatic N) is 3. The number of nitrogens with one attached hydrogen (secondary N) is 1. The van der Waals surface area contributed by atoms with Gasteiger partial charge in [-0.3, -0.25) is 13.9 Å². The molecule has 24 heavy (non-hydrogen) atoms. The average Bonchev–Trinajstić information content (AvgIpc) is 3.12. The molecule has 7 heteroatoms. The first-order valence-electron chi connectivity index (χ1n) is 8.26. The lowest BCUT2D eigenvalue weighted by molar-refractivity contribution is -0.130. The van der Waals surface area contributed by atoms with E-state index < -0.39 is 0 Å². The number of carbonyl (C=O) groups is 1. The molecule has 2 heterocycles. The summed E-state index contributed by atoms with van der Waals surface area (Å²) in [5.41, 5.74) is 1.62. The number of amides is 1. The van der Waals surface area contributed by atoms with Crippen LogP contribution in [0.2, 0.25) is 0 Å². The van der Waals surface area contributed by atoms with Crippen LogP contribution in [0.15, 0.2) is 29.1 Å². The Labute approximate surface area is 147 Å². The third-order valence-electron chi connectivity index (χ3n) is 4.67. The van der Waals surface area contributed by atoms with E-state index in [1.54, 1.807) is 9.13 Å². The van der Waals surface area contributed by atoms with Gasteiger partial charge in [-0.15, -0.1) is 12.4 Å². The predicted molar refractivity (Wildman–Crippen MR) is 97.7 cm³/mol. The maximum atomic E-state index is 12.6. The highest BCUT2D eigenvalue weighted by Gasteiger charge is 2.26. The van der Waals surface area contributed by atoms with Gasteiger partial charge in [0.05, 0.1) is 11.0 Å². The van der Waals surface area contributed by atoms with E-state index in [1.807, 2.05) is 43.1 Å². The number of likely N-dealkylation sites (tertiary alicyclic amines) is 1. The van der Waals surface area contributed by atoms with Crippen LogP contribution in [-0.2, 0) is 17.9 Å². The second-order valence-corrected chi connectivity index (χ2v) is 6.15. The molecule has 1 unspecified atom stereocenters. The van der Waals surface area contributed by atoms with Crippen LogP contribution < -0.4 is 11.0 Å². The van der Waals surface area contributed by atoms with Gasteiger partial charge in [-0.25, -0.2) is 4.79 Å². The molecule has 1 fully saturated rings. The minimum atomic E-state index is -0.104. The van der Waals surface area contributed by atoms with E-state index in [1.165, 1.54) is 0 Å². The Kier molecular flexibility index (Phi) is 6.07. The van der Waals surface area contributed by atoms with Crippen LogP contribution in [0.3, 0.4) is 0 Å². The standard InChI is InChI=1S/C17H24N4O2.ClH/c1-3-20-14-6-4-5-7-15(14)21(17(20)23)12-16(22)19-9-8-13(11-19)10-18-2;/h4-7,13,18H,3,8-12H2,1-2H3;1H. The van der Waals surface area contributed by atoms with Crippen molar-refractivity contribution in [3.63, 3.8) is 0 Å². The van der Waals surface area contributed by atoms with E-state index >= 15 is 0 Å². The maximum Gasteiger partial charge on any atom is 0.329 e. The van der Waals surface area contributed by atoms with Crippen LogP contribution in [-0.4, -0.2) is 46.6 Å². The van der Waals surface area contributed by atoms with Gasteiger partial charge in [0.2, 0.25) is 5.91 Å². The molecule has 0 spiro atoms. The summed E-state index contributed by atoms with van der Waals surface area (Å²) in [5, 5.41) is 3.17. The van der Waals surface area contributed by atoms with Gasteiger partial charge < -0.3 is 10.2 Å². The van der Waals surface area contributed by atoms with Crippen molar-refractivity contribution in [3.05, 3.63) is 34.7 Å². The highest BCUT2D eigenvalue weighted by molar-refractivity contribution is 5.85. The van der Waals surface area contributed by atoms with Crippen molar-refractivity contribution in [2.24, 2.45) is 5.92 Å². The van der Waals surface area contributed by atoms with Crippen molar-refractivity contribution in [1.29, 1.82) is 0 Å². The van der Waals surface area contributed by atoms with Gasteiger partial charge in [-0.05, 0) is 45.0 Å². The molecule has 1 aromatic heterocycles. The topological polar surface area (TPSA) is 59.3 Å². The first kappa shape index (κ1) is 18.5. The molecule has 132 valence electrons. The lowest BCUT2D eigenvalue weighted by Gasteiger charge is -2.17. The number of benzene rings is 1. The zero-order valence-corrected chi connectivity index (χ0v) is 15.0. The van der Waals surface area contributed by atoms with Crippen LogP contribution in [0.5, 0.6) is 0 Å². The maximum absolute atomic E-state index is 12.6. The molecular weight excluding hydrogens is 328 g/mol. The van der Waals surface area contributed by atoms with Crippen molar-refractivity contribution >= 4 is 29.3 Å². The molecule has 0 aliphatic carbocycles. The molecule has 1 aromatic carbocycles. The predicted octanol–water partition coefficient (Wildman–Crippen LogP) is 1.31. The summed E-state index contributed by atoms with van der Waals surface area (Å²) in [7, 11) is 1.93. The summed E-state index contributed by atoms with van der Waals surface area (Å²) < 4.78 is 3.32. The summed E-state index contributed by atoms with van der Waals surface area (Å²) >= 11 is 0.